The predicted molar refractivity (Wildman–Crippen MR) is 56.7 cm³/mol. The van der Waals surface area contributed by atoms with Gasteiger partial charge in [-0.05, 0) is 27.2 Å². The molecule has 0 bridgehead atoms. The second kappa shape index (κ2) is 4.37. The van der Waals surface area contributed by atoms with Gasteiger partial charge in [-0.25, -0.2) is 0 Å². The summed E-state index contributed by atoms with van der Waals surface area (Å²) in [4.78, 5) is 0. The molecule has 2 heterocycles. The minimum Gasteiger partial charge on any atom is -0.377 e. The molecule has 0 radical (unpaired) electrons. The van der Waals surface area contributed by atoms with Gasteiger partial charge in [0.05, 0.1) is 18.8 Å². The van der Waals surface area contributed by atoms with Crippen LogP contribution in [-0.2, 0) is 14.2 Å². The minimum absolute atomic E-state index is 0.174. The first-order valence-electron chi connectivity index (χ1n) is 5.73. The molecule has 1 N–H and O–H groups in total. The largest absolute Gasteiger partial charge is 0.377 e. The van der Waals surface area contributed by atoms with Crippen LogP contribution in [0.1, 0.15) is 27.2 Å². The Bertz CT molecular complexity index is 220. The van der Waals surface area contributed by atoms with Gasteiger partial charge in [0.1, 0.15) is 0 Å². The Hall–Kier alpha value is -0.160. The van der Waals surface area contributed by atoms with E-state index in [2.05, 4.69) is 12.2 Å². The van der Waals surface area contributed by atoms with E-state index in [0.29, 0.717) is 18.8 Å². The number of ether oxygens (including phenoxy) is 3. The van der Waals surface area contributed by atoms with Crippen LogP contribution in [0.5, 0.6) is 0 Å². The zero-order chi connectivity index (χ0) is 10.9. The van der Waals surface area contributed by atoms with Crippen molar-refractivity contribution in [3.63, 3.8) is 0 Å². The molecule has 2 aliphatic rings. The smallest absolute Gasteiger partial charge is 0.163 e. The summed E-state index contributed by atoms with van der Waals surface area (Å²) in [5.74, 6) is -0.413. The molecule has 0 aromatic rings. The Morgan fingerprint density at radius 3 is 2.73 bits per heavy atom. The van der Waals surface area contributed by atoms with E-state index in [-0.39, 0.29) is 6.10 Å². The van der Waals surface area contributed by atoms with Gasteiger partial charge in [-0.1, -0.05) is 0 Å². The van der Waals surface area contributed by atoms with E-state index >= 15 is 0 Å². The second-order valence-electron chi connectivity index (χ2n) is 4.83. The van der Waals surface area contributed by atoms with Crippen LogP contribution in [0.3, 0.4) is 0 Å². The summed E-state index contributed by atoms with van der Waals surface area (Å²) in [5.41, 5.74) is 0. The topological polar surface area (TPSA) is 39.7 Å². The van der Waals surface area contributed by atoms with E-state index < -0.39 is 5.79 Å². The summed E-state index contributed by atoms with van der Waals surface area (Å²) in [6.07, 6.45) is 1.59. The first-order valence-corrected chi connectivity index (χ1v) is 5.73. The maximum atomic E-state index is 5.72. The fourth-order valence-electron chi connectivity index (χ4n) is 2.15. The number of hydrogen-bond acceptors (Lipinski definition) is 4. The molecular weight excluding hydrogens is 194 g/mol. The van der Waals surface area contributed by atoms with E-state index in [0.717, 1.165) is 19.6 Å². The maximum absolute atomic E-state index is 5.72. The zero-order valence-corrected chi connectivity index (χ0v) is 9.79. The van der Waals surface area contributed by atoms with Crippen LogP contribution in [0.2, 0.25) is 0 Å². The molecule has 0 aliphatic carbocycles. The summed E-state index contributed by atoms with van der Waals surface area (Å²) in [7, 11) is 0. The van der Waals surface area contributed by atoms with Crippen LogP contribution in [0.25, 0.3) is 0 Å². The van der Waals surface area contributed by atoms with Gasteiger partial charge in [0.15, 0.2) is 5.79 Å². The first-order chi connectivity index (χ1) is 7.07. The van der Waals surface area contributed by atoms with Crippen molar-refractivity contribution in [1.82, 2.24) is 5.32 Å². The maximum Gasteiger partial charge on any atom is 0.163 e. The zero-order valence-electron chi connectivity index (χ0n) is 9.79. The number of hydrogen-bond donors (Lipinski definition) is 1. The van der Waals surface area contributed by atoms with Crippen molar-refractivity contribution in [2.24, 2.45) is 0 Å². The molecule has 2 aliphatic heterocycles. The molecule has 3 atom stereocenters. The molecule has 4 nitrogen and oxygen atoms in total. The average molecular weight is 215 g/mol. The van der Waals surface area contributed by atoms with Crippen molar-refractivity contribution < 1.29 is 14.2 Å². The Morgan fingerprint density at radius 1 is 1.40 bits per heavy atom. The summed E-state index contributed by atoms with van der Waals surface area (Å²) in [6, 6.07) is 0.470. The third-order valence-corrected chi connectivity index (χ3v) is 3.05. The highest BCUT2D eigenvalue weighted by molar-refractivity contribution is 4.81. The Kier molecular flexibility index (Phi) is 3.30. The van der Waals surface area contributed by atoms with Crippen molar-refractivity contribution in [3.05, 3.63) is 0 Å². The molecule has 2 rings (SSSR count). The van der Waals surface area contributed by atoms with Gasteiger partial charge in [-0.2, -0.15) is 0 Å². The monoisotopic (exact) mass is 215 g/mol. The van der Waals surface area contributed by atoms with E-state index in [9.17, 15) is 0 Å². The quantitative estimate of drug-likeness (QED) is 0.759. The third kappa shape index (κ3) is 2.91. The lowest BCUT2D eigenvalue weighted by molar-refractivity contribution is -0.137. The Labute approximate surface area is 91.3 Å². The number of nitrogens with one attached hydrogen (secondary N) is 1. The van der Waals surface area contributed by atoms with E-state index in [1.54, 1.807) is 0 Å². The Balaban J connectivity index is 1.70. The van der Waals surface area contributed by atoms with Crippen LogP contribution < -0.4 is 5.32 Å². The molecule has 0 amide bonds. The van der Waals surface area contributed by atoms with Crippen LogP contribution in [0.4, 0.5) is 0 Å². The average Bonchev–Trinajstić information content (AvgIpc) is 2.69. The molecule has 2 saturated heterocycles. The number of rotatable bonds is 3. The molecule has 0 saturated carbocycles. The first kappa shape index (κ1) is 11.3. The van der Waals surface area contributed by atoms with Crippen molar-refractivity contribution in [2.45, 2.75) is 51.2 Å². The third-order valence-electron chi connectivity index (χ3n) is 3.05. The van der Waals surface area contributed by atoms with Gasteiger partial charge in [-0.15, -0.1) is 0 Å². The van der Waals surface area contributed by atoms with Crippen LogP contribution in [0, 0.1) is 0 Å². The molecule has 0 aromatic carbocycles. The minimum atomic E-state index is -0.413. The lowest BCUT2D eigenvalue weighted by atomic mass is 10.1. The standard InChI is InChI=1S/C11H21NO3/c1-8-10(4-5-13-8)12-6-9-7-14-11(2,3)15-9/h8-10,12H,4-7H2,1-3H3. The van der Waals surface area contributed by atoms with Gasteiger partial charge < -0.3 is 19.5 Å². The van der Waals surface area contributed by atoms with Crippen molar-refractivity contribution in [2.75, 3.05) is 19.8 Å². The molecule has 88 valence electrons. The van der Waals surface area contributed by atoms with Gasteiger partial charge in [0, 0.05) is 19.2 Å². The molecule has 0 aromatic heterocycles. The molecule has 2 fully saturated rings. The lowest BCUT2D eigenvalue weighted by Gasteiger charge is -2.20. The lowest BCUT2D eigenvalue weighted by Crippen LogP contribution is -2.40. The van der Waals surface area contributed by atoms with Gasteiger partial charge in [-0.3, -0.25) is 0 Å². The SMILES string of the molecule is CC1OCCC1NCC1COC(C)(C)O1. The fraction of sp³-hybridized carbons (Fsp3) is 1.00. The van der Waals surface area contributed by atoms with E-state index in [1.165, 1.54) is 0 Å². The molecule has 4 heteroatoms. The van der Waals surface area contributed by atoms with Gasteiger partial charge in [0.2, 0.25) is 0 Å². The molecule has 0 spiro atoms. The van der Waals surface area contributed by atoms with E-state index in [4.69, 9.17) is 14.2 Å². The molecule has 15 heavy (non-hydrogen) atoms. The Morgan fingerprint density at radius 2 is 2.20 bits per heavy atom. The second-order valence-corrected chi connectivity index (χ2v) is 4.83. The van der Waals surface area contributed by atoms with Crippen LogP contribution >= 0.6 is 0 Å². The fourth-order valence-corrected chi connectivity index (χ4v) is 2.15. The van der Waals surface area contributed by atoms with Crippen molar-refractivity contribution >= 4 is 0 Å². The normalized spacial score (nSPS) is 39.8. The van der Waals surface area contributed by atoms with E-state index in [1.807, 2.05) is 13.8 Å². The summed E-state index contributed by atoms with van der Waals surface area (Å²) in [5, 5.41) is 3.48. The highest BCUT2D eigenvalue weighted by atomic mass is 16.7. The molecular formula is C11H21NO3. The van der Waals surface area contributed by atoms with Gasteiger partial charge in [0.25, 0.3) is 0 Å². The van der Waals surface area contributed by atoms with Gasteiger partial charge >= 0.3 is 0 Å². The van der Waals surface area contributed by atoms with Crippen LogP contribution in [0.15, 0.2) is 0 Å². The summed E-state index contributed by atoms with van der Waals surface area (Å²) < 4.78 is 16.7. The summed E-state index contributed by atoms with van der Waals surface area (Å²) in [6.45, 7) is 8.42. The summed E-state index contributed by atoms with van der Waals surface area (Å²) >= 11 is 0. The highest BCUT2D eigenvalue weighted by Gasteiger charge is 2.33. The highest BCUT2D eigenvalue weighted by Crippen LogP contribution is 2.22. The van der Waals surface area contributed by atoms with Crippen LogP contribution in [-0.4, -0.2) is 43.8 Å². The molecule has 3 unspecified atom stereocenters. The van der Waals surface area contributed by atoms with Crippen molar-refractivity contribution in [1.29, 1.82) is 0 Å². The van der Waals surface area contributed by atoms with Crippen molar-refractivity contribution in [3.8, 4) is 0 Å². The predicted octanol–water partition coefficient (Wildman–Crippen LogP) is 0.905.